The zero-order valence-electron chi connectivity index (χ0n) is 10.1. The van der Waals surface area contributed by atoms with Crippen LogP contribution in [0, 0.1) is 0 Å². The number of hydrogen-bond acceptors (Lipinski definition) is 4. The Morgan fingerprint density at radius 2 is 2.17 bits per heavy atom. The van der Waals surface area contributed by atoms with E-state index in [-0.39, 0.29) is 11.4 Å². The molecular weight excluding hydrogens is 320 g/mol. The van der Waals surface area contributed by atoms with Crippen LogP contribution in [0.1, 0.15) is 19.8 Å². The van der Waals surface area contributed by atoms with Crippen molar-refractivity contribution in [3.05, 3.63) is 22.7 Å². The third-order valence-corrected chi connectivity index (χ3v) is 4.94. The second-order valence-electron chi connectivity index (χ2n) is 3.94. The molecule has 0 aliphatic carbocycles. The minimum atomic E-state index is -3.61. The van der Waals surface area contributed by atoms with Crippen LogP contribution in [-0.4, -0.2) is 26.2 Å². The summed E-state index contributed by atoms with van der Waals surface area (Å²) in [5.41, 5.74) is 5.95. The molecule has 1 unspecified atom stereocenters. The summed E-state index contributed by atoms with van der Waals surface area (Å²) in [5.74, 6) is 0. The first kappa shape index (κ1) is 15.4. The molecule has 0 saturated heterocycles. The molecule has 0 heterocycles. The van der Waals surface area contributed by atoms with Crippen LogP contribution in [0.15, 0.2) is 27.6 Å². The smallest absolute Gasteiger partial charge is 0.241 e. The van der Waals surface area contributed by atoms with Gasteiger partial charge in [-0.15, -0.1) is 0 Å². The van der Waals surface area contributed by atoms with E-state index in [0.717, 1.165) is 0 Å². The molecule has 0 spiro atoms. The molecule has 0 radical (unpaired) electrons. The normalized spacial score (nSPS) is 13.5. The summed E-state index contributed by atoms with van der Waals surface area (Å²) in [7, 11) is -3.61. The molecule has 1 aromatic rings. The number of halogens is 1. The number of nitrogens with one attached hydrogen (secondary N) is 1. The maximum atomic E-state index is 12.0. The van der Waals surface area contributed by atoms with Crippen LogP contribution in [0.2, 0.25) is 0 Å². The maximum absolute atomic E-state index is 12.0. The van der Waals surface area contributed by atoms with E-state index >= 15 is 0 Å². The van der Waals surface area contributed by atoms with Gasteiger partial charge in [-0.1, -0.05) is 6.92 Å². The van der Waals surface area contributed by atoms with Crippen molar-refractivity contribution in [3.8, 4) is 0 Å². The number of anilines is 1. The largest absolute Gasteiger partial charge is 0.399 e. The molecule has 4 N–H and O–H groups in total. The molecule has 5 nitrogen and oxygen atoms in total. The van der Waals surface area contributed by atoms with Crippen molar-refractivity contribution in [1.29, 1.82) is 0 Å². The lowest BCUT2D eigenvalue weighted by Gasteiger charge is -2.11. The van der Waals surface area contributed by atoms with Crippen LogP contribution in [0.5, 0.6) is 0 Å². The van der Waals surface area contributed by atoms with Gasteiger partial charge in [-0.3, -0.25) is 0 Å². The second-order valence-corrected chi connectivity index (χ2v) is 6.53. The van der Waals surface area contributed by atoms with Gasteiger partial charge in [0.05, 0.1) is 11.0 Å². The SMILES string of the molecule is CCC(O)CCNS(=O)(=O)c1cc(N)ccc1Br. The Kier molecular flexibility index (Phi) is 5.58. The Hall–Kier alpha value is -0.630. The van der Waals surface area contributed by atoms with Crippen molar-refractivity contribution in [2.24, 2.45) is 0 Å². The Morgan fingerprint density at radius 3 is 2.78 bits per heavy atom. The van der Waals surface area contributed by atoms with E-state index in [2.05, 4.69) is 20.7 Å². The lowest BCUT2D eigenvalue weighted by Crippen LogP contribution is -2.27. The van der Waals surface area contributed by atoms with Gasteiger partial charge in [0.25, 0.3) is 0 Å². The number of aliphatic hydroxyl groups is 1. The van der Waals surface area contributed by atoms with Crippen molar-refractivity contribution in [3.63, 3.8) is 0 Å². The maximum Gasteiger partial charge on any atom is 0.241 e. The third kappa shape index (κ3) is 4.24. The molecule has 7 heteroatoms. The number of benzene rings is 1. The van der Waals surface area contributed by atoms with Crippen molar-refractivity contribution in [1.82, 2.24) is 4.72 Å². The van der Waals surface area contributed by atoms with Gasteiger partial charge in [0.1, 0.15) is 0 Å². The van der Waals surface area contributed by atoms with E-state index in [4.69, 9.17) is 5.73 Å². The first-order chi connectivity index (χ1) is 8.36. The summed E-state index contributed by atoms with van der Waals surface area (Å²) >= 11 is 3.18. The summed E-state index contributed by atoms with van der Waals surface area (Å²) in [6, 6.07) is 4.59. The molecular formula is C11H17BrN2O3S. The van der Waals surface area contributed by atoms with Crippen molar-refractivity contribution in [2.45, 2.75) is 30.8 Å². The van der Waals surface area contributed by atoms with Gasteiger partial charge in [0, 0.05) is 16.7 Å². The zero-order chi connectivity index (χ0) is 13.8. The fraction of sp³-hybridized carbons (Fsp3) is 0.455. The highest BCUT2D eigenvalue weighted by Gasteiger charge is 2.17. The van der Waals surface area contributed by atoms with Crippen molar-refractivity contribution < 1.29 is 13.5 Å². The van der Waals surface area contributed by atoms with Gasteiger partial charge in [-0.2, -0.15) is 0 Å². The molecule has 0 bridgehead atoms. The molecule has 0 aliphatic heterocycles. The lowest BCUT2D eigenvalue weighted by atomic mass is 10.2. The van der Waals surface area contributed by atoms with E-state index in [0.29, 0.717) is 23.0 Å². The number of hydrogen-bond donors (Lipinski definition) is 3. The first-order valence-corrected chi connectivity index (χ1v) is 7.87. The number of nitrogens with two attached hydrogens (primary N) is 1. The minimum Gasteiger partial charge on any atom is -0.399 e. The van der Waals surface area contributed by atoms with E-state index in [1.165, 1.54) is 6.07 Å². The molecule has 1 aromatic carbocycles. The molecule has 0 fully saturated rings. The summed E-state index contributed by atoms with van der Waals surface area (Å²) in [4.78, 5) is 0.105. The van der Waals surface area contributed by atoms with Crippen LogP contribution in [0.4, 0.5) is 5.69 Å². The van der Waals surface area contributed by atoms with E-state index in [1.807, 2.05) is 6.92 Å². The summed E-state index contributed by atoms with van der Waals surface area (Å²) in [6.07, 6.45) is 0.497. The topological polar surface area (TPSA) is 92.4 Å². The number of nitrogen functional groups attached to an aromatic ring is 1. The van der Waals surface area contributed by atoms with Gasteiger partial charge in [0.2, 0.25) is 10.0 Å². The fourth-order valence-electron chi connectivity index (χ4n) is 1.37. The fourth-order valence-corrected chi connectivity index (χ4v) is 3.41. The Labute approximate surface area is 116 Å². The van der Waals surface area contributed by atoms with Crippen molar-refractivity contribution in [2.75, 3.05) is 12.3 Å². The second kappa shape index (κ2) is 6.51. The van der Waals surface area contributed by atoms with Gasteiger partial charge in [-0.25, -0.2) is 13.1 Å². The number of sulfonamides is 1. The molecule has 0 saturated carbocycles. The Bertz CT molecular complexity index is 505. The number of aliphatic hydroxyl groups excluding tert-OH is 1. The standard InChI is InChI=1S/C11H17BrN2O3S/c1-2-9(15)5-6-14-18(16,17)11-7-8(13)3-4-10(11)12/h3-4,7,9,14-15H,2,5-6,13H2,1H3. The molecule has 18 heavy (non-hydrogen) atoms. The summed E-state index contributed by atoms with van der Waals surface area (Å²) in [6.45, 7) is 2.03. The highest BCUT2D eigenvalue weighted by molar-refractivity contribution is 9.10. The highest BCUT2D eigenvalue weighted by Crippen LogP contribution is 2.23. The third-order valence-electron chi connectivity index (χ3n) is 2.49. The van der Waals surface area contributed by atoms with Gasteiger partial charge in [0.15, 0.2) is 0 Å². The van der Waals surface area contributed by atoms with E-state index in [9.17, 15) is 13.5 Å². The van der Waals surface area contributed by atoms with Gasteiger partial charge >= 0.3 is 0 Å². The highest BCUT2D eigenvalue weighted by atomic mass is 79.9. The average Bonchev–Trinajstić information content (AvgIpc) is 2.31. The van der Waals surface area contributed by atoms with Crippen molar-refractivity contribution >= 4 is 31.6 Å². The quantitative estimate of drug-likeness (QED) is 0.686. The van der Waals surface area contributed by atoms with E-state index in [1.54, 1.807) is 12.1 Å². The van der Waals surface area contributed by atoms with Crippen LogP contribution < -0.4 is 10.5 Å². The van der Waals surface area contributed by atoms with Crippen LogP contribution >= 0.6 is 15.9 Å². The zero-order valence-corrected chi connectivity index (χ0v) is 12.5. The molecule has 1 rings (SSSR count). The van der Waals surface area contributed by atoms with Crippen LogP contribution in [0.3, 0.4) is 0 Å². The number of rotatable bonds is 6. The molecule has 0 amide bonds. The molecule has 1 atom stereocenters. The predicted molar refractivity (Wildman–Crippen MR) is 74.7 cm³/mol. The van der Waals surface area contributed by atoms with Gasteiger partial charge < -0.3 is 10.8 Å². The molecule has 102 valence electrons. The lowest BCUT2D eigenvalue weighted by molar-refractivity contribution is 0.162. The Balaban J connectivity index is 2.77. The first-order valence-electron chi connectivity index (χ1n) is 5.59. The Morgan fingerprint density at radius 1 is 1.50 bits per heavy atom. The molecule has 0 aliphatic rings. The summed E-state index contributed by atoms with van der Waals surface area (Å²) in [5, 5.41) is 9.36. The van der Waals surface area contributed by atoms with Gasteiger partial charge in [-0.05, 0) is 47.0 Å². The van der Waals surface area contributed by atoms with Crippen LogP contribution in [-0.2, 0) is 10.0 Å². The van der Waals surface area contributed by atoms with E-state index < -0.39 is 16.1 Å². The minimum absolute atomic E-state index is 0.105. The predicted octanol–water partition coefficient (Wildman–Crippen LogP) is 1.47. The molecule has 0 aromatic heterocycles. The average molecular weight is 337 g/mol. The van der Waals surface area contributed by atoms with Crippen LogP contribution in [0.25, 0.3) is 0 Å². The monoisotopic (exact) mass is 336 g/mol. The summed E-state index contributed by atoms with van der Waals surface area (Å²) < 4.78 is 26.9.